The summed E-state index contributed by atoms with van der Waals surface area (Å²) in [5.74, 6) is 4.00. The van der Waals surface area contributed by atoms with Gasteiger partial charge < -0.3 is 5.32 Å². The van der Waals surface area contributed by atoms with Gasteiger partial charge in [-0.3, -0.25) is 0 Å². The Morgan fingerprint density at radius 2 is 1.90 bits per heavy atom. The summed E-state index contributed by atoms with van der Waals surface area (Å²) < 4.78 is 0. The van der Waals surface area contributed by atoms with Gasteiger partial charge in [-0.05, 0) is 61.0 Å². The number of rotatable bonds is 3. The standard InChI is InChI=1S/C17H21Cl2N/c18-15-6-1-3-10(17(15)19)9-20-16-8-11-7-14(16)13-5-2-4-12(11)13/h1,3,6,11-14,16,20H,2,4-5,7-9H2. The van der Waals surface area contributed by atoms with Gasteiger partial charge in [0.25, 0.3) is 0 Å². The molecule has 2 bridgehead atoms. The monoisotopic (exact) mass is 309 g/mol. The second-order valence-electron chi connectivity index (χ2n) is 6.85. The van der Waals surface area contributed by atoms with Gasteiger partial charge in [0.05, 0.1) is 10.0 Å². The van der Waals surface area contributed by atoms with Gasteiger partial charge in [0, 0.05) is 12.6 Å². The van der Waals surface area contributed by atoms with Crippen molar-refractivity contribution in [2.45, 2.75) is 44.7 Å². The lowest BCUT2D eigenvalue weighted by Crippen LogP contribution is -2.38. The van der Waals surface area contributed by atoms with Gasteiger partial charge in [0.2, 0.25) is 0 Å². The zero-order valence-corrected chi connectivity index (χ0v) is 13.1. The van der Waals surface area contributed by atoms with Gasteiger partial charge in [-0.25, -0.2) is 0 Å². The maximum Gasteiger partial charge on any atom is 0.0637 e. The van der Waals surface area contributed by atoms with Crippen molar-refractivity contribution in [3.63, 3.8) is 0 Å². The average molecular weight is 310 g/mol. The molecule has 3 aliphatic carbocycles. The number of hydrogen-bond donors (Lipinski definition) is 1. The summed E-state index contributed by atoms with van der Waals surface area (Å²) in [6.07, 6.45) is 7.29. The Kier molecular flexibility index (Phi) is 3.48. The molecule has 0 radical (unpaired) electrons. The van der Waals surface area contributed by atoms with Gasteiger partial charge in [-0.2, -0.15) is 0 Å². The molecular weight excluding hydrogens is 289 g/mol. The van der Waals surface area contributed by atoms with Gasteiger partial charge >= 0.3 is 0 Å². The van der Waals surface area contributed by atoms with E-state index in [2.05, 4.69) is 11.4 Å². The molecule has 0 aliphatic heterocycles. The smallest absolute Gasteiger partial charge is 0.0637 e. The maximum absolute atomic E-state index is 6.27. The van der Waals surface area contributed by atoms with E-state index >= 15 is 0 Å². The highest BCUT2D eigenvalue weighted by Crippen LogP contribution is 2.58. The number of nitrogens with one attached hydrogen (secondary N) is 1. The third-order valence-corrected chi connectivity index (χ3v) is 6.87. The van der Waals surface area contributed by atoms with Crippen LogP contribution in [0.25, 0.3) is 0 Å². The minimum absolute atomic E-state index is 0.662. The molecule has 0 spiro atoms. The molecule has 1 aromatic carbocycles. The van der Waals surface area contributed by atoms with Gasteiger partial charge in [-0.15, -0.1) is 0 Å². The van der Waals surface area contributed by atoms with E-state index in [0.717, 1.165) is 35.8 Å². The van der Waals surface area contributed by atoms with Crippen LogP contribution < -0.4 is 5.32 Å². The van der Waals surface area contributed by atoms with Crippen molar-refractivity contribution in [2.24, 2.45) is 23.7 Å². The van der Waals surface area contributed by atoms with Crippen LogP contribution in [0.4, 0.5) is 0 Å². The van der Waals surface area contributed by atoms with Crippen LogP contribution in [0.3, 0.4) is 0 Å². The van der Waals surface area contributed by atoms with Gasteiger partial charge in [0.1, 0.15) is 0 Å². The summed E-state index contributed by atoms with van der Waals surface area (Å²) in [6, 6.07) is 6.62. The van der Waals surface area contributed by atoms with E-state index in [-0.39, 0.29) is 0 Å². The molecule has 1 aromatic rings. The Hall–Kier alpha value is -0.240. The Labute approximate surface area is 131 Å². The van der Waals surface area contributed by atoms with Crippen molar-refractivity contribution in [1.29, 1.82) is 0 Å². The molecule has 5 unspecified atom stereocenters. The van der Waals surface area contributed by atoms with Crippen LogP contribution >= 0.6 is 23.2 Å². The quantitative estimate of drug-likeness (QED) is 0.836. The fourth-order valence-electron chi connectivity index (χ4n) is 5.23. The average Bonchev–Trinajstić information content (AvgIpc) is 3.11. The van der Waals surface area contributed by atoms with Crippen LogP contribution in [0.15, 0.2) is 18.2 Å². The van der Waals surface area contributed by atoms with Crippen molar-refractivity contribution >= 4 is 23.2 Å². The molecule has 0 saturated heterocycles. The summed E-state index contributed by atoms with van der Waals surface area (Å²) in [5, 5.41) is 5.14. The molecule has 3 aliphatic rings. The lowest BCUT2D eigenvalue weighted by Gasteiger charge is -2.32. The predicted molar refractivity (Wildman–Crippen MR) is 84.1 cm³/mol. The molecule has 108 valence electrons. The topological polar surface area (TPSA) is 12.0 Å². The fraction of sp³-hybridized carbons (Fsp3) is 0.647. The van der Waals surface area contributed by atoms with Crippen LogP contribution in [-0.2, 0) is 6.54 Å². The first-order valence-corrected chi connectivity index (χ1v) is 8.66. The zero-order valence-electron chi connectivity index (χ0n) is 11.6. The van der Waals surface area contributed by atoms with Crippen LogP contribution in [0.1, 0.15) is 37.7 Å². The van der Waals surface area contributed by atoms with Gasteiger partial charge in [0.15, 0.2) is 0 Å². The number of halogens is 2. The number of benzene rings is 1. The Morgan fingerprint density at radius 3 is 2.80 bits per heavy atom. The summed E-state index contributed by atoms with van der Waals surface area (Å²) in [4.78, 5) is 0. The summed E-state index contributed by atoms with van der Waals surface area (Å²) in [7, 11) is 0. The van der Waals surface area contributed by atoms with Crippen molar-refractivity contribution in [3.8, 4) is 0 Å². The highest BCUT2D eigenvalue weighted by molar-refractivity contribution is 6.42. The van der Waals surface area contributed by atoms with Crippen LogP contribution in [0.5, 0.6) is 0 Å². The molecule has 3 fully saturated rings. The van der Waals surface area contributed by atoms with Crippen molar-refractivity contribution in [1.82, 2.24) is 5.32 Å². The highest BCUT2D eigenvalue weighted by Gasteiger charge is 2.53. The molecule has 4 rings (SSSR count). The van der Waals surface area contributed by atoms with Crippen molar-refractivity contribution in [3.05, 3.63) is 33.8 Å². The van der Waals surface area contributed by atoms with E-state index in [9.17, 15) is 0 Å². The Bertz CT molecular complexity index is 516. The summed E-state index contributed by atoms with van der Waals surface area (Å²) in [5.41, 5.74) is 1.13. The van der Waals surface area contributed by atoms with Crippen molar-refractivity contribution in [2.75, 3.05) is 0 Å². The second kappa shape index (κ2) is 5.19. The van der Waals surface area contributed by atoms with Gasteiger partial charge in [-0.1, -0.05) is 41.8 Å². The normalized spacial score (nSPS) is 38.4. The van der Waals surface area contributed by atoms with Crippen molar-refractivity contribution < 1.29 is 0 Å². The Morgan fingerprint density at radius 1 is 1.05 bits per heavy atom. The second-order valence-corrected chi connectivity index (χ2v) is 7.64. The lowest BCUT2D eigenvalue weighted by molar-refractivity contribution is 0.208. The molecule has 0 heterocycles. The van der Waals surface area contributed by atoms with Crippen LogP contribution in [0.2, 0.25) is 10.0 Å². The SMILES string of the molecule is Clc1cccc(CNC2CC3CC2C2CCCC32)c1Cl. The minimum Gasteiger partial charge on any atom is -0.310 e. The molecule has 3 saturated carbocycles. The first-order chi connectivity index (χ1) is 9.74. The third kappa shape index (κ3) is 2.10. The predicted octanol–water partition coefficient (Wildman–Crippen LogP) is 4.91. The first-order valence-electron chi connectivity index (χ1n) is 7.90. The number of hydrogen-bond acceptors (Lipinski definition) is 1. The zero-order chi connectivity index (χ0) is 13.7. The van der Waals surface area contributed by atoms with E-state index < -0.39 is 0 Å². The molecule has 20 heavy (non-hydrogen) atoms. The molecule has 1 nitrogen and oxygen atoms in total. The molecule has 1 N–H and O–H groups in total. The largest absolute Gasteiger partial charge is 0.310 e. The van der Waals surface area contributed by atoms with E-state index in [1.165, 1.54) is 32.1 Å². The van der Waals surface area contributed by atoms with E-state index in [1.807, 2.05) is 12.1 Å². The lowest BCUT2D eigenvalue weighted by atomic mass is 9.79. The Balaban J connectivity index is 1.43. The molecular formula is C17H21Cl2N. The molecule has 0 aromatic heterocycles. The van der Waals surface area contributed by atoms with Crippen LogP contribution in [-0.4, -0.2) is 6.04 Å². The fourth-order valence-corrected chi connectivity index (χ4v) is 5.62. The highest BCUT2D eigenvalue weighted by atomic mass is 35.5. The van der Waals surface area contributed by atoms with E-state index in [4.69, 9.17) is 23.2 Å². The minimum atomic E-state index is 0.662. The first kappa shape index (κ1) is 13.4. The molecule has 5 atom stereocenters. The summed E-state index contributed by atoms with van der Waals surface area (Å²) in [6.45, 7) is 0.852. The maximum atomic E-state index is 6.27. The van der Waals surface area contributed by atoms with Crippen LogP contribution in [0, 0.1) is 23.7 Å². The summed E-state index contributed by atoms with van der Waals surface area (Å²) >= 11 is 12.4. The third-order valence-electron chi connectivity index (χ3n) is 6.01. The molecule has 0 amide bonds. The molecule has 3 heteroatoms. The van der Waals surface area contributed by atoms with E-state index in [0.29, 0.717) is 16.1 Å². The van der Waals surface area contributed by atoms with E-state index in [1.54, 1.807) is 0 Å². The number of fused-ring (bicyclic) bond motifs is 5.